The van der Waals surface area contributed by atoms with E-state index in [4.69, 9.17) is 5.73 Å². The SMILES string of the molecule is CN1C2CCCC1CC(CCN)C2. The lowest BCUT2D eigenvalue weighted by Crippen LogP contribution is -2.49. The Bertz CT molecular complexity index is 155. The topological polar surface area (TPSA) is 29.3 Å². The summed E-state index contributed by atoms with van der Waals surface area (Å²) in [5, 5.41) is 0. The highest BCUT2D eigenvalue weighted by Gasteiger charge is 2.35. The highest BCUT2D eigenvalue weighted by molar-refractivity contribution is 4.90. The molecule has 2 fully saturated rings. The molecule has 76 valence electrons. The molecule has 2 aliphatic rings. The highest BCUT2D eigenvalue weighted by Crippen LogP contribution is 2.36. The van der Waals surface area contributed by atoms with E-state index in [1.54, 1.807) is 0 Å². The van der Waals surface area contributed by atoms with Gasteiger partial charge < -0.3 is 10.6 Å². The van der Waals surface area contributed by atoms with Gasteiger partial charge in [0.1, 0.15) is 0 Å². The molecule has 2 atom stereocenters. The fraction of sp³-hybridized carbons (Fsp3) is 1.00. The van der Waals surface area contributed by atoms with Crippen LogP contribution in [0.2, 0.25) is 0 Å². The van der Waals surface area contributed by atoms with Gasteiger partial charge in [0.15, 0.2) is 0 Å². The molecular weight excluding hydrogens is 160 g/mol. The number of rotatable bonds is 2. The van der Waals surface area contributed by atoms with Gasteiger partial charge in [-0.15, -0.1) is 0 Å². The molecule has 0 aromatic heterocycles. The predicted molar refractivity (Wildman–Crippen MR) is 55.6 cm³/mol. The highest BCUT2D eigenvalue weighted by atomic mass is 15.2. The summed E-state index contributed by atoms with van der Waals surface area (Å²) in [5.74, 6) is 0.927. The normalized spacial score (nSPS) is 40.6. The Kier molecular flexibility index (Phi) is 2.89. The van der Waals surface area contributed by atoms with Crippen molar-refractivity contribution in [2.45, 2.75) is 50.6 Å². The smallest absolute Gasteiger partial charge is 0.00978 e. The molecule has 2 nitrogen and oxygen atoms in total. The van der Waals surface area contributed by atoms with Gasteiger partial charge in [-0.2, -0.15) is 0 Å². The summed E-state index contributed by atoms with van der Waals surface area (Å²) in [6, 6.07) is 1.76. The summed E-state index contributed by atoms with van der Waals surface area (Å²) < 4.78 is 0. The molecule has 0 aliphatic carbocycles. The maximum atomic E-state index is 5.63. The first kappa shape index (κ1) is 9.47. The summed E-state index contributed by atoms with van der Waals surface area (Å²) in [6.07, 6.45) is 8.37. The molecule has 0 amide bonds. The van der Waals surface area contributed by atoms with Crippen LogP contribution in [0, 0.1) is 5.92 Å². The standard InChI is InChI=1S/C11H22N2/c1-13-10-3-2-4-11(13)8-9(7-10)5-6-12/h9-11H,2-8,12H2,1H3. The third-order valence-corrected chi connectivity index (χ3v) is 4.01. The monoisotopic (exact) mass is 182 g/mol. The molecule has 2 aliphatic heterocycles. The first-order valence-corrected chi connectivity index (χ1v) is 5.73. The van der Waals surface area contributed by atoms with Gasteiger partial charge in [0, 0.05) is 12.1 Å². The minimum absolute atomic E-state index is 0.879. The quantitative estimate of drug-likeness (QED) is 0.703. The molecule has 0 radical (unpaired) electrons. The summed E-state index contributed by atoms with van der Waals surface area (Å²) in [5.41, 5.74) is 5.63. The zero-order chi connectivity index (χ0) is 9.26. The molecule has 0 aromatic rings. The van der Waals surface area contributed by atoms with Gasteiger partial charge in [0.2, 0.25) is 0 Å². The van der Waals surface area contributed by atoms with E-state index in [1.165, 1.54) is 38.5 Å². The van der Waals surface area contributed by atoms with Gasteiger partial charge >= 0.3 is 0 Å². The number of hydrogen-bond donors (Lipinski definition) is 1. The van der Waals surface area contributed by atoms with E-state index in [1.807, 2.05) is 0 Å². The van der Waals surface area contributed by atoms with Crippen LogP contribution in [0.5, 0.6) is 0 Å². The van der Waals surface area contributed by atoms with Crippen LogP contribution in [0.1, 0.15) is 38.5 Å². The van der Waals surface area contributed by atoms with Gasteiger partial charge in [-0.3, -0.25) is 0 Å². The lowest BCUT2D eigenvalue weighted by atomic mass is 9.77. The zero-order valence-electron chi connectivity index (χ0n) is 8.71. The molecule has 2 heteroatoms. The van der Waals surface area contributed by atoms with Crippen molar-refractivity contribution in [3.05, 3.63) is 0 Å². The van der Waals surface area contributed by atoms with Gasteiger partial charge in [0.05, 0.1) is 0 Å². The second-order valence-electron chi connectivity index (χ2n) is 4.82. The minimum atomic E-state index is 0.879. The van der Waals surface area contributed by atoms with Crippen molar-refractivity contribution in [2.24, 2.45) is 11.7 Å². The van der Waals surface area contributed by atoms with E-state index in [9.17, 15) is 0 Å². The average molecular weight is 182 g/mol. The van der Waals surface area contributed by atoms with Crippen molar-refractivity contribution < 1.29 is 0 Å². The number of nitrogens with zero attached hydrogens (tertiary/aromatic N) is 1. The number of nitrogens with two attached hydrogens (primary N) is 1. The first-order valence-electron chi connectivity index (χ1n) is 5.73. The number of hydrogen-bond acceptors (Lipinski definition) is 2. The molecule has 13 heavy (non-hydrogen) atoms. The van der Waals surface area contributed by atoms with Crippen LogP contribution in [0.15, 0.2) is 0 Å². The van der Waals surface area contributed by atoms with E-state index in [-0.39, 0.29) is 0 Å². The van der Waals surface area contributed by atoms with Crippen LogP contribution in [0.3, 0.4) is 0 Å². The summed E-state index contributed by atoms with van der Waals surface area (Å²) >= 11 is 0. The van der Waals surface area contributed by atoms with Gasteiger partial charge in [-0.05, 0) is 51.6 Å². The largest absolute Gasteiger partial charge is 0.330 e. The molecule has 2 rings (SSSR count). The van der Waals surface area contributed by atoms with Crippen LogP contribution in [0.4, 0.5) is 0 Å². The molecule has 0 spiro atoms. The van der Waals surface area contributed by atoms with Crippen molar-refractivity contribution in [1.82, 2.24) is 4.90 Å². The van der Waals surface area contributed by atoms with Crippen LogP contribution < -0.4 is 5.73 Å². The van der Waals surface area contributed by atoms with E-state index in [0.717, 1.165) is 24.5 Å². The van der Waals surface area contributed by atoms with Crippen LogP contribution in [-0.4, -0.2) is 30.6 Å². The molecule has 2 heterocycles. The fourth-order valence-electron chi connectivity index (χ4n) is 3.20. The maximum absolute atomic E-state index is 5.63. The molecule has 2 bridgehead atoms. The Morgan fingerprint density at radius 3 is 2.38 bits per heavy atom. The lowest BCUT2D eigenvalue weighted by Gasteiger charge is -2.47. The van der Waals surface area contributed by atoms with Gasteiger partial charge in [0.25, 0.3) is 0 Å². The molecular formula is C11H22N2. The first-order chi connectivity index (χ1) is 6.31. The minimum Gasteiger partial charge on any atom is -0.330 e. The van der Waals surface area contributed by atoms with Gasteiger partial charge in [-0.25, -0.2) is 0 Å². The summed E-state index contributed by atoms with van der Waals surface area (Å²) in [6.45, 7) is 0.883. The lowest BCUT2D eigenvalue weighted by molar-refractivity contribution is 0.0349. The second kappa shape index (κ2) is 3.97. The van der Waals surface area contributed by atoms with E-state index >= 15 is 0 Å². The Hall–Kier alpha value is -0.0800. The third kappa shape index (κ3) is 1.89. The molecule has 0 saturated carbocycles. The van der Waals surface area contributed by atoms with E-state index < -0.39 is 0 Å². The van der Waals surface area contributed by atoms with Crippen molar-refractivity contribution >= 4 is 0 Å². The molecule has 2 saturated heterocycles. The van der Waals surface area contributed by atoms with Crippen molar-refractivity contribution in [1.29, 1.82) is 0 Å². The Balaban J connectivity index is 1.95. The van der Waals surface area contributed by atoms with Crippen molar-refractivity contribution in [3.63, 3.8) is 0 Å². The fourth-order valence-corrected chi connectivity index (χ4v) is 3.20. The molecule has 2 unspecified atom stereocenters. The predicted octanol–water partition coefficient (Wildman–Crippen LogP) is 1.60. The van der Waals surface area contributed by atoms with E-state index in [0.29, 0.717) is 0 Å². The molecule has 2 N–H and O–H groups in total. The van der Waals surface area contributed by atoms with Crippen molar-refractivity contribution in [3.8, 4) is 0 Å². The number of fused-ring (bicyclic) bond motifs is 2. The van der Waals surface area contributed by atoms with Crippen LogP contribution in [-0.2, 0) is 0 Å². The summed E-state index contributed by atoms with van der Waals surface area (Å²) in [7, 11) is 2.31. The Labute approximate surface area is 81.5 Å². The van der Waals surface area contributed by atoms with Crippen molar-refractivity contribution in [2.75, 3.05) is 13.6 Å². The Morgan fingerprint density at radius 2 is 1.85 bits per heavy atom. The van der Waals surface area contributed by atoms with Gasteiger partial charge in [-0.1, -0.05) is 6.42 Å². The van der Waals surface area contributed by atoms with Crippen LogP contribution in [0.25, 0.3) is 0 Å². The van der Waals surface area contributed by atoms with E-state index in [2.05, 4.69) is 11.9 Å². The molecule has 0 aromatic carbocycles. The maximum Gasteiger partial charge on any atom is 0.00978 e. The second-order valence-corrected chi connectivity index (χ2v) is 4.82. The average Bonchev–Trinajstić information content (AvgIpc) is 2.07. The Morgan fingerprint density at radius 1 is 1.23 bits per heavy atom. The zero-order valence-corrected chi connectivity index (χ0v) is 8.71. The number of piperidine rings is 2. The van der Waals surface area contributed by atoms with Crippen LogP contribution >= 0.6 is 0 Å². The summed E-state index contributed by atoms with van der Waals surface area (Å²) in [4.78, 5) is 2.62. The third-order valence-electron chi connectivity index (χ3n) is 4.01.